The van der Waals surface area contributed by atoms with Gasteiger partial charge in [-0.3, -0.25) is 25.8 Å². The zero-order valence-corrected chi connectivity index (χ0v) is 16.5. The normalized spacial score (nSPS) is 10.8. The van der Waals surface area contributed by atoms with E-state index in [1.807, 2.05) is 32.6 Å². The number of hydrogen-bond donors (Lipinski definition) is 2. The summed E-state index contributed by atoms with van der Waals surface area (Å²) >= 11 is 0. The maximum Gasteiger partial charge on any atom is 0.355 e. The second kappa shape index (κ2) is 9.63. The lowest BCUT2D eigenvalue weighted by atomic mass is 10.1. The maximum atomic E-state index is 12.2. The number of hydrogen-bond acceptors (Lipinski definition) is 7. The molecular formula is C19H26N6O3. The first-order valence-electron chi connectivity index (χ1n) is 9.15. The molecule has 0 aliphatic carbocycles. The van der Waals surface area contributed by atoms with Crippen LogP contribution in [0.5, 0.6) is 0 Å². The molecule has 0 saturated heterocycles. The number of benzene rings is 1. The summed E-state index contributed by atoms with van der Waals surface area (Å²) in [6.45, 7) is 9.40. The van der Waals surface area contributed by atoms with Gasteiger partial charge in [-0.05, 0) is 24.0 Å². The standard InChI is InChI=1S/C19H26N6O3/c1-13(2)10-24(11-14(3)4)18-16(25(27)28)17(20-12-21-18)22-23-19(26)15-8-6-5-7-9-15/h5-9,12-14H,10-11H2,1-4H3,(H,23,26)(H,20,21,22). The Labute approximate surface area is 164 Å². The van der Waals surface area contributed by atoms with Crippen LogP contribution in [0.25, 0.3) is 0 Å². The van der Waals surface area contributed by atoms with E-state index >= 15 is 0 Å². The van der Waals surface area contributed by atoms with Crippen LogP contribution in [-0.4, -0.2) is 33.9 Å². The molecule has 1 amide bonds. The van der Waals surface area contributed by atoms with E-state index in [0.717, 1.165) is 0 Å². The van der Waals surface area contributed by atoms with Crippen molar-refractivity contribution in [2.24, 2.45) is 11.8 Å². The van der Waals surface area contributed by atoms with Gasteiger partial charge in [0.15, 0.2) is 0 Å². The van der Waals surface area contributed by atoms with E-state index in [9.17, 15) is 14.9 Å². The van der Waals surface area contributed by atoms with Crippen LogP contribution in [0.3, 0.4) is 0 Å². The van der Waals surface area contributed by atoms with Crippen LogP contribution < -0.4 is 15.8 Å². The van der Waals surface area contributed by atoms with Crippen molar-refractivity contribution in [3.63, 3.8) is 0 Å². The highest BCUT2D eigenvalue weighted by molar-refractivity contribution is 5.95. The maximum absolute atomic E-state index is 12.2. The Hall–Kier alpha value is -3.23. The number of nitrogens with zero attached hydrogens (tertiary/aromatic N) is 4. The van der Waals surface area contributed by atoms with Gasteiger partial charge in [-0.15, -0.1) is 0 Å². The Morgan fingerprint density at radius 2 is 1.71 bits per heavy atom. The van der Waals surface area contributed by atoms with Crippen molar-refractivity contribution in [1.29, 1.82) is 0 Å². The quantitative estimate of drug-likeness (QED) is 0.502. The average molecular weight is 386 g/mol. The molecule has 150 valence electrons. The van der Waals surface area contributed by atoms with E-state index in [1.165, 1.54) is 6.33 Å². The molecule has 9 heteroatoms. The van der Waals surface area contributed by atoms with Crippen molar-refractivity contribution in [3.8, 4) is 0 Å². The molecule has 1 aromatic heterocycles. The zero-order chi connectivity index (χ0) is 20.7. The summed E-state index contributed by atoms with van der Waals surface area (Å²) in [5.41, 5.74) is 5.19. The van der Waals surface area contributed by atoms with Gasteiger partial charge in [0.1, 0.15) is 6.33 Å². The Bertz CT molecular complexity index is 801. The van der Waals surface area contributed by atoms with Gasteiger partial charge in [0.2, 0.25) is 11.6 Å². The fourth-order valence-electron chi connectivity index (χ4n) is 2.77. The monoisotopic (exact) mass is 386 g/mol. The molecule has 0 aliphatic rings. The highest BCUT2D eigenvalue weighted by Crippen LogP contribution is 2.32. The predicted molar refractivity (Wildman–Crippen MR) is 108 cm³/mol. The van der Waals surface area contributed by atoms with Gasteiger partial charge in [-0.1, -0.05) is 45.9 Å². The van der Waals surface area contributed by atoms with Crippen LogP contribution in [0, 0.1) is 22.0 Å². The average Bonchev–Trinajstić information content (AvgIpc) is 2.65. The molecule has 0 fully saturated rings. The lowest BCUT2D eigenvalue weighted by Crippen LogP contribution is -2.34. The number of amides is 1. The minimum atomic E-state index is -0.528. The number of carbonyl (C=O) groups excluding carboxylic acids is 1. The van der Waals surface area contributed by atoms with E-state index in [1.54, 1.807) is 30.3 Å². The van der Waals surface area contributed by atoms with Crippen LogP contribution in [0.4, 0.5) is 17.3 Å². The molecule has 0 radical (unpaired) electrons. The van der Waals surface area contributed by atoms with E-state index in [2.05, 4.69) is 20.8 Å². The molecule has 0 saturated carbocycles. The zero-order valence-electron chi connectivity index (χ0n) is 16.5. The molecule has 0 unspecified atom stereocenters. The second-order valence-corrected chi connectivity index (χ2v) is 7.29. The minimum absolute atomic E-state index is 0.0585. The van der Waals surface area contributed by atoms with Gasteiger partial charge in [-0.2, -0.15) is 0 Å². The number of rotatable bonds is 9. The summed E-state index contributed by atoms with van der Waals surface area (Å²) in [5, 5.41) is 11.8. The van der Waals surface area contributed by atoms with Crippen molar-refractivity contribution >= 4 is 23.2 Å². The van der Waals surface area contributed by atoms with Crippen LogP contribution in [0.2, 0.25) is 0 Å². The molecule has 2 rings (SSSR count). The van der Waals surface area contributed by atoms with E-state index in [4.69, 9.17) is 0 Å². The number of hydrazine groups is 1. The number of carbonyl (C=O) groups is 1. The molecule has 0 aliphatic heterocycles. The topological polar surface area (TPSA) is 113 Å². The summed E-state index contributed by atoms with van der Waals surface area (Å²) in [6, 6.07) is 8.54. The van der Waals surface area contributed by atoms with Crippen molar-refractivity contribution in [2.45, 2.75) is 27.7 Å². The lowest BCUT2D eigenvalue weighted by molar-refractivity contribution is -0.383. The first-order valence-corrected chi connectivity index (χ1v) is 9.15. The Morgan fingerprint density at radius 3 is 2.25 bits per heavy atom. The van der Waals surface area contributed by atoms with Crippen LogP contribution in [0.1, 0.15) is 38.1 Å². The first kappa shape index (κ1) is 21.1. The van der Waals surface area contributed by atoms with Crippen molar-refractivity contribution in [2.75, 3.05) is 23.4 Å². The van der Waals surface area contributed by atoms with Crippen LogP contribution >= 0.6 is 0 Å². The SMILES string of the molecule is CC(C)CN(CC(C)C)c1ncnc(NNC(=O)c2ccccc2)c1[N+](=O)[O-]. The largest absolute Gasteiger partial charge is 0.355 e. The molecule has 0 bridgehead atoms. The number of anilines is 2. The molecule has 28 heavy (non-hydrogen) atoms. The number of aromatic nitrogens is 2. The van der Waals surface area contributed by atoms with Crippen LogP contribution in [-0.2, 0) is 0 Å². The molecule has 0 atom stereocenters. The third kappa shape index (κ3) is 5.63. The fraction of sp³-hybridized carbons (Fsp3) is 0.421. The number of nitrogens with one attached hydrogen (secondary N) is 2. The van der Waals surface area contributed by atoms with Gasteiger partial charge in [0.25, 0.3) is 5.91 Å². The smallest absolute Gasteiger partial charge is 0.350 e. The molecule has 1 heterocycles. The summed E-state index contributed by atoms with van der Waals surface area (Å²) in [7, 11) is 0. The molecular weight excluding hydrogens is 360 g/mol. The summed E-state index contributed by atoms with van der Waals surface area (Å²) in [4.78, 5) is 33.5. The Morgan fingerprint density at radius 1 is 1.11 bits per heavy atom. The molecule has 0 spiro atoms. The van der Waals surface area contributed by atoms with E-state index in [0.29, 0.717) is 30.5 Å². The fourth-order valence-corrected chi connectivity index (χ4v) is 2.77. The minimum Gasteiger partial charge on any atom is -0.350 e. The van der Waals surface area contributed by atoms with Gasteiger partial charge < -0.3 is 4.90 Å². The van der Waals surface area contributed by atoms with Gasteiger partial charge in [-0.25, -0.2) is 9.97 Å². The Balaban J connectivity index is 2.31. The first-order chi connectivity index (χ1) is 13.3. The predicted octanol–water partition coefficient (Wildman–Crippen LogP) is 3.26. The van der Waals surface area contributed by atoms with E-state index < -0.39 is 10.8 Å². The second-order valence-electron chi connectivity index (χ2n) is 7.29. The van der Waals surface area contributed by atoms with Crippen LogP contribution in [0.15, 0.2) is 36.7 Å². The van der Waals surface area contributed by atoms with E-state index in [-0.39, 0.29) is 17.3 Å². The molecule has 1 aromatic carbocycles. The van der Waals surface area contributed by atoms with Gasteiger partial charge in [0, 0.05) is 18.7 Å². The van der Waals surface area contributed by atoms with Gasteiger partial charge >= 0.3 is 5.69 Å². The summed E-state index contributed by atoms with van der Waals surface area (Å²) in [5.74, 6) is 0.344. The third-order valence-corrected chi connectivity index (χ3v) is 3.79. The number of nitro groups is 1. The highest BCUT2D eigenvalue weighted by Gasteiger charge is 2.28. The van der Waals surface area contributed by atoms with Crippen molar-refractivity contribution in [1.82, 2.24) is 15.4 Å². The van der Waals surface area contributed by atoms with Crippen molar-refractivity contribution in [3.05, 3.63) is 52.3 Å². The molecule has 2 N–H and O–H groups in total. The third-order valence-electron chi connectivity index (χ3n) is 3.79. The van der Waals surface area contributed by atoms with Crippen molar-refractivity contribution < 1.29 is 9.72 Å². The molecule has 9 nitrogen and oxygen atoms in total. The lowest BCUT2D eigenvalue weighted by Gasteiger charge is -2.27. The Kier molecular flexibility index (Phi) is 7.25. The molecule has 2 aromatic rings. The highest BCUT2D eigenvalue weighted by atomic mass is 16.6. The van der Waals surface area contributed by atoms with Gasteiger partial charge in [0.05, 0.1) is 4.92 Å². The summed E-state index contributed by atoms with van der Waals surface area (Å²) < 4.78 is 0. The summed E-state index contributed by atoms with van der Waals surface area (Å²) in [6.07, 6.45) is 1.26.